The Morgan fingerprint density at radius 3 is 2.79 bits per heavy atom. The van der Waals surface area contributed by atoms with E-state index < -0.39 is 10.0 Å². The van der Waals surface area contributed by atoms with E-state index in [1.807, 2.05) is 11.8 Å². The summed E-state index contributed by atoms with van der Waals surface area (Å²) in [6.07, 6.45) is 2.08. The summed E-state index contributed by atoms with van der Waals surface area (Å²) in [5.41, 5.74) is 0.920. The third kappa shape index (κ3) is 3.50. The number of H-pyrrole nitrogens is 1. The molecule has 2 rings (SSSR count). The molecule has 0 unspecified atom stereocenters. The molecule has 0 saturated carbocycles. The molecule has 6 nitrogen and oxygen atoms in total. The van der Waals surface area contributed by atoms with Crippen molar-refractivity contribution >= 4 is 21.8 Å². The molecule has 2 heterocycles. The Kier molecular flexibility index (Phi) is 4.88. The third-order valence-electron chi connectivity index (χ3n) is 3.35. The van der Waals surface area contributed by atoms with Gasteiger partial charge in [-0.1, -0.05) is 0 Å². The monoisotopic (exact) mass is 305 g/mol. The van der Waals surface area contributed by atoms with Gasteiger partial charge in [0.15, 0.2) is 5.03 Å². The van der Waals surface area contributed by atoms with Crippen LogP contribution in [0.25, 0.3) is 0 Å². The van der Waals surface area contributed by atoms with Gasteiger partial charge in [-0.2, -0.15) is 16.9 Å². The molecule has 108 valence electrons. The van der Waals surface area contributed by atoms with Crippen LogP contribution in [0.15, 0.2) is 5.03 Å². The van der Waals surface area contributed by atoms with E-state index in [0.29, 0.717) is 23.7 Å². The Hall–Kier alpha value is -0.570. The second-order valence-electron chi connectivity index (χ2n) is 4.70. The van der Waals surface area contributed by atoms with E-state index >= 15 is 0 Å². The van der Waals surface area contributed by atoms with Gasteiger partial charge >= 0.3 is 0 Å². The number of hydrogen-bond donors (Lipinski definition) is 3. The zero-order chi connectivity index (χ0) is 13.9. The van der Waals surface area contributed by atoms with Crippen LogP contribution in [0.4, 0.5) is 0 Å². The molecule has 3 N–H and O–H groups in total. The fourth-order valence-corrected chi connectivity index (χ4v) is 4.59. The molecule has 1 saturated heterocycles. The predicted molar refractivity (Wildman–Crippen MR) is 74.5 cm³/mol. The molecular formula is C11H19N3O3S2. The number of nitrogens with zero attached hydrogens (tertiary/aromatic N) is 1. The highest BCUT2D eigenvalue weighted by atomic mass is 32.2. The minimum Gasteiger partial charge on any atom is -0.392 e. The van der Waals surface area contributed by atoms with Gasteiger partial charge in [0.25, 0.3) is 10.0 Å². The van der Waals surface area contributed by atoms with Crippen LogP contribution in [0.3, 0.4) is 0 Å². The van der Waals surface area contributed by atoms with Crippen LogP contribution in [0.1, 0.15) is 24.1 Å². The second kappa shape index (κ2) is 6.25. The molecular weight excluding hydrogens is 286 g/mol. The van der Waals surface area contributed by atoms with E-state index in [4.69, 9.17) is 0 Å². The number of aliphatic hydroxyl groups is 1. The lowest BCUT2D eigenvalue weighted by atomic mass is 10.0. The number of thioether (sulfide) groups is 1. The van der Waals surface area contributed by atoms with Crippen LogP contribution >= 0.6 is 11.8 Å². The lowest BCUT2D eigenvalue weighted by molar-refractivity contribution is 0.277. The van der Waals surface area contributed by atoms with Crippen LogP contribution in [-0.2, 0) is 16.6 Å². The second-order valence-corrected chi connectivity index (χ2v) is 7.61. The van der Waals surface area contributed by atoms with E-state index in [1.165, 1.54) is 0 Å². The highest BCUT2D eigenvalue weighted by molar-refractivity contribution is 7.99. The molecule has 1 aliphatic heterocycles. The Bertz CT molecular complexity index is 521. The van der Waals surface area contributed by atoms with E-state index in [1.54, 1.807) is 6.92 Å². The lowest BCUT2D eigenvalue weighted by Crippen LogP contribution is -2.31. The van der Waals surface area contributed by atoms with E-state index in [-0.39, 0.29) is 11.6 Å². The Balaban J connectivity index is 2.05. The number of aliphatic hydroxyl groups excluding tert-OH is 1. The smallest absolute Gasteiger partial charge is 0.260 e. The largest absolute Gasteiger partial charge is 0.392 e. The van der Waals surface area contributed by atoms with Crippen LogP contribution in [0.5, 0.6) is 0 Å². The molecule has 0 amide bonds. The summed E-state index contributed by atoms with van der Waals surface area (Å²) in [4.78, 5) is 0. The van der Waals surface area contributed by atoms with Crippen molar-refractivity contribution in [2.75, 3.05) is 18.1 Å². The van der Waals surface area contributed by atoms with Crippen molar-refractivity contribution < 1.29 is 13.5 Å². The number of aromatic amines is 1. The molecule has 0 spiro atoms. The number of sulfonamides is 1. The standard InChI is InChI=1S/C11H19N3O3S2/c1-8-10(7-15)11(14-13-8)19(16,17)12-6-9-2-4-18-5-3-9/h9,12,15H,2-7H2,1H3,(H,13,14). The topological polar surface area (TPSA) is 95.1 Å². The molecule has 1 aromatic heterocycles. The van der Waals surface area contributed by atoms with Crippen molar-refractivity contribution in [2.24, 2.45) is 5.92 Å². The van der Waals surface area contributed by atoms with Gasteiger partial charge in [0.1, 0.15) is 0 Å². The maximum absolute atomic E-state index is 12.2. The summed E-state index contributed by atoms with van der Waals surface area (Å²) < 4.78 is 26.9. The normalized spacial score (nSPS) is 17.8. The Labute approximate surface area is 117 Å². The fourth-order valence-electron chi connectivity index (χ4n) is 2.08. The predicted octanol–water partition coefficient (Wildman–Crippen LogP) is 0.632. The molecule has 1 fully saturated rings. The van der Waals surface area contributed by atoms with Gasteiger partial charge < -0.3 is 5.11 Å². The summed E-state index contributed by atoms with van der Waals surface area (Å²) in [7, 11) is -3.64. The molecule has 0 atom stereocenters. The van der Waals surface area contributed by atoms with Gasteiger partial charge in [0, 0.05) is 17.8 Å². The molecule has 1 aliphatic rings. The SMILES string of the molecule is Cc1[nH]nc(S(=O)(=O)NCC2CCSCC2)c1CO. The molecule has 0 radical (unpaired) electrons. The first kappa shape index (κ1) is 14.8. The molecule has 8 heteroatoms. The zero-order valence-electron chi connectivity index (χ0n) is 10.8. The molecule has 0 aliphatic carbocycles. The number of nitrogens with one attached hydrogen (secondary N) is 2. The highest BCUT2D eigenvalue weighted by Crippen LogP contribution is 2.23. The summed E-state index contributed by atoms with van der Waals surface area (Å²) in [5, 5.41) is 15.5. The van der Waals surface area contributed by atoms with Crippen molar-refractivity contribution in [1.82, 2.24) is 14.9 Å². The van der Waals surface area contributed by atoms with Crippen LogP contribution in [-0.4, -0.2) is 41.8 Å². The van der Waals surface area contributed by atoms with Gasteiger partial charge in [0.2, 0.25) is 0 Å². The summed E-state index contributed by atoms with van der Waals surface area (Å²) >= 11 is 1.91. The summed E-state index contributed by atoms with van der Waals surface area (Å²) in [5.74, 6) is 2.58. The first-order valence-corrected chi connectivity index (χ1v) is 8.90. The van der Waals surface area contributed by atoms with Crippen molar-refractivity contribution in [3.63, 3.8) is 0 Å². The van der Waals surface area contributed by atoms with Crippen molar-refractivity contribution in [2.45, 2.75) is 31.4 Å². The molecule has 0 aromatic carbocycles. The fraction of sp³-hybridized carbons (Fsp3) is 0.727. The van der Waals surface area contributed by atoms with Gasteiger partial charge in [-0.25, -0.2) is 13.1 Å². The molecule has 0 bridgehead atoms. The first-order chi connectivity index (χ1) is 9.04. The minimum atomic E-state index is -3.64. The Morgan fingerprint density at radius 1 is 1.47 bits per heavy atom. The van der Waals surface area contributed by atoms with Gasteiger partial charge in [-0.3, -0.25) is 5.10 Å². The Morgan fingerprint density at radius 2 is 2.16 bits per heavy atom. The summed E-state index contributed by atoms with van der Waals surface area (Å²) in [6, 6.07) is 0. The number of aromatic nitrogens is 2. The number of aryl methyl sites for hydroxylation is 1. The van der Waals surface area contributed by atoms with Crippen molar-refractivity contribution in [1.29, 1.82) is 0 Å². The van der Waals surface area contributed by atoms with Crippen LogP contribution in [0, 0.1) is 12.8 Å². The number of hydrogen-bond acceptors (Lipinski definition) is 5. The first-order valence-electron chi connectivity index (χ1n) is 6.26. The van der Waals surface area contributed by atoms with Crippen LogP contribution in [0.2, 0.25) is 0 Å². The van der Waals surface area contributed by atoms with E-state index in [9.17, 15) is 13.5 Å². The van der Waals surface area contributed by atoms with Crippen LogP contribution < -0.4 is 4.72 Å². The van der Waals surface area contributed by atoms with E-state index in [0.717, 1.165) is 24.3 Å². The van der Waals surface area contributed by atoms with Gasteiger partial charge in [-0.15, -0.1) is 0 Å². The summed E-state index contributed by atoms with van der Waals surface area (Å²) in [6.45, 7) is 1.80. The highest BCUT2D eigenvalue weighted by Gasteiger charge is 2.24. The maximum atomic E-state index is 12.2. The molecule has 19 heavy (non-hydrogen) atoms. The average Bonchev–Trinajstić information content (AvgIpc) is 2.79. The third-order valence-corrected chi connectivity index (χ3v) is 5.79. The average molecular weight is 305 g/mol. The lowest BCUT2D eigenvalue weighted by Gasteiger charge is -2.21. The minimum absolute atomic E-state index is 0.0855. The number of rotatable bonds is 5. The molecule has 1 aromatic rings. The quantitative estimate of drug-likeness (QED) is 0.742. The zero-order valence-corrected chi connectivity index (χ0v) is 12.5. The van der Waals surface area contributed by atoms with Gasteiger partial charge in [-0.05, 0) is 37.2 Å². The van der Waals surface area contributed by atoms with Crippen molar-refractivity contribution in [3.8, 4) is 0 Å². The van der Waals surface area contributed by atoms with E-state index in [2.05, 4.69) is 14.9 Å². The van der Waals surface area contributed by atoms with Crippen molar-refractivity contribution in [3.05, 3.63) is 11.3 Å². The van der Waals surface area contributed by atoms with Gasteiger partial charge in [0.05, 0.1) is 6.61 Å². The maximum Gasteiger partial charge on any atom is 0.260 e.